The van der Waals surface area contributed by atoms with Crippen LogP contribution in [0.25, 0.3) is 0 Å². The Morgan fingerprint density at radius 3 is 3.11 bits per heavy atom. The van der Waals surface area contributed by atoms with Gasteiger partial charge in [-0.25, -0.2) is 0 Å². The molecule has 0 aliphatic carbocycles. The first kappa shape index (κ1) is 14.6. The van der Waals surface area contributed by atoms with Gasteiger partial charge in [0.15, 0.2) is 0 Å². The molecule has 1 fully saturated rings. The first-order valence-electron chi connectivity index (χ1n) is 7.15. The Labute approximate surface area is 116 Å². The molecule has 0 aromatic carbocycles. The zero-order valence-corrected chi connectivity index (χ0v) is 12.3. The van der Waals surface area contributed by atoms with Crippen molar-refractivity contribution in [2.24, 2.45) is 0 Å². The monoisotopic (exact) mass is 266 g/mol. The Balaban J connectivity index is 1.74. The van der Waals surface area contributed by atoms with Crippen LogP contribution < -0.4 is 5.32 Å². The van der Waals surface area contributed by atoms with E-state index in [1.807, 2.05) is 19.2 Å². The van der Waals surface area contributed by atoms with Gasteiger partial charge in [-0.1, -0.05) is 0 Å². The number of rotatable bonds is 6. The highest BCUT2D eigenvalue weighted by molar-refractivity contribution is 4.97. The fourth-order valence-corrected chi connectivity index (χ4v) is 2.73. The molecule has 1 aromatic rings. The minimum atomic E-state index is 0.0214. The van der Waals surface area contributed by atoms with E-state index in [4.69, 9.17) is 9.15 Å². The molecule has 4 nitrogen and oxygen atoms in total. The molecule has 4 heteroatoms. The summed E-state index contributed by atoms with van der Waals surface area (Å²) < 4.78 is 11.0. The molecular weight excluding hydrogens is 240 g/mol. The summed E-state index contributed by atoms with van der Waals surface area (Å²) in [6.07, 6.45) is 4.09. The Bertz CT molecular complexity index is 366. The molecule has 2 rings (SSSR count). The van der Waals surface area contributed by atoms with Crippen LogP contribution in [0.2, 0.25) is 0 Å². The van der Waals surface area contributed by atoms with E-state index in [0.717, 1.165) is 31.8 Å². The third-order valence-electron chi connectivity index (χ3n) is 4.12. The van der Waals surface area contributed by atoms with Gasteiger partial charge in [0.25, 0.3) is 0 Å². The molecular formula is C15H26N2O2. The number of methoxy groups -OCH3 is 1. The summed E-state index contributed by atoms with van der Waals surface area (Å²) in [5, 5.41) is 3.45. The Morgan fingerprint density at radius 2 is 2.42 bits per heavy atom. The molecule has 2 heterocycles. The van der Waals surface area contributed by atoms with E-state index in [0.29, 0.717) is 6.04 Å². The standard InChI is InChI=1S/C15H26N2O2/c1-13(10-16-11-14-6-4-9-19-14)17-8-5-7-15(2,12-17)18-3/h4,6,9,13,16H,5,7-8,10-12H2,1-3H3. The topological polar surface area (TPSA) is 37.6 Å². The van der Waals surface area contributed by atoms with Crippen molar-refractivity contribution in [2.45, 2.75) is 44.9 Å². The summed E-state index contributed by atoms with van der Waals surface area (Å²) in [6, 6.07) is 4.44. The number of furan rings is 1. The Morgan fingerprint density at radius 1 is 1.58 bits per heavy atom. The van der Waals surface area contributed by atoms with Gasteiger partial charge in [-0.15, -0.1) is 0 Å². The number of hydrogen-bond acceptors (Lipinski definition) is 4. The number of ether oxygens (including phenoxy) is 1. The van der Waals surface area contributed by atoms with Crippen LogP contribution in [0.15, 0.2) is 22.8 Å². The number of nitrogens with zero attached hydrogens (tertiary/aromatic N) is 1. The van der Waals surface area contributed by atoms with Gasteiger partial charge in [-0.05, 0) is 45.4 Å². The van der Waals surface area contributed by atoms with E-state index >= 15 is 0 Å². The maximum Gasteiger partial charge on any atom is 0.117 e. The number of hydrogen-bond donors (Lipinski definition) is 1. The maximum atomic E-state index is 5.65. The number of likely N-dealkylation sites (tertiary alicyclic amines) is 1. The second kappa shape index (κ2) is 6.55. The molecule has 1 saturated heterocycles. The maximum absolute atomic E-state index is 5.65. The Hall–Kier alpha value is -0.840. The van der Waals surface area contributed by atoms with Crippen LogP contribution in [0.4, 0.5) is 0 Å². The van der Waals surface area contributed by atoms with Gasteiger partial charge in [0.1, 0.15) is 5.76 Å². The fourth-order valence-electron chi connectivity index (χ4n) is 2.73. The zero-order chi connectivity index (χ0) is 13.7. The molecule has 19 heavy (non-hydrogen) atoms. The van der Waals surface area contributed by atoms with Crippen LogP contribution in [0.5, 0.6) is 0 Å². The van der Waals surface area contributed by atoms with Gasteiger partial charge in [0, 0.05) is 26.2 Å². The molecule has 1 aliphatic rings. The first-order valence-corrected chi connectivity index (χ1v) is 7.15. The molecule has 0 radical (unpaired) electrons. The number of piperidine rings is 1. The van der Waals surface area contributed by atoms with Crippen molar-refractivity contribution in [2.75, 3.05) is 26.7 Å². The van der Waals surface area contributed by atoms with E-state index in [1.54, 1.807) is 6.26 Å². The van der Waals surface area contributed by atoms with Crippen LogP contribution >= 0.6 is 0 Å². The molecule has 0 amide bonds. The van der Waals surface area contributed by atoms with Gasteiger partial charge in [-0.3, -0.25) is 4.90 Å². The predicted octanol–water partition coefficient (Wildman–Crippen LogP) is 2.26. The van der Waals surface area contributed by atoms with Crippen molar-refractivity contribution in [1.29, 1.82) is 0 Å². The average Bonchev–Trinajstić information content (AvgIpc) is 2.92. The zero-order valence-electron chi connectivity index (χ0n) is 12.3. The van der Waals surface area contributed by atoms with Crippen molar-refractivity contribution in [1.82, 2.24) is 10.2 Å². The molecule has 108 valence electrons. The Kier molecular flexibility index (Phi) is 5.02. The molecule has 0 bridgehead atoms. The molecule has 1 aliphatic heterocycles. The second-order valence-corrected chi connectivity index (χ2v) is 5.79. The lowest BCUT2D eigenvalue weighted by atomic mass is 9.94. The SMILES string of the molecule is COC1(C)CCCN(C(C)CNCc2ccco2)C1. The van der Waals surface area contributed by atoms with E-state index < -0.39 is 0 Å². The summed E-state index contributed by atoms with van der Waals surface area (Å²) in [4.78, 5) is 2.52. The normalized spacial score (nSPS) is 26.5. The van der Waals surface area contributed by atoms with E-state index in [2.05, 4.69) is 24.1 Å². The quantitative estimate of drug-likeness (QED) is 0.857. The summed E-state index contributed by atoms with van der Waals surface area (Å²) in [5.41, 5.74) is 0.0214. The smallest absolute Gasteiger partial charge is 0.117 e. The minimum absolute atomic E-state index is 0.0214. The highest BCUT2D eigenvalue weighted by atomic mass is 16.5. The lowest BCUT2D eigenvalue weighted by Crippen LogP contribution is -2.52. The first-order chi connectivity index (χ1) is 9.13. The van der Waals surface area contributed by atoms with Gasteiger partial charge >= 0.3 is 0 Å². The fraction of sp³-hybridized carbons (Fsp3) is 0.733. The van der Waals surface area contributed by atoms with Crippen LogP contribution in [0, 0.1) is 0 Å². The lowest BCUT2D eigenvalue weighted by Gasteiger charge is -2.42. The molecule has 1 aromatic heterocycles. The van der Waals surface area contributed by atoms with E-state index in [-0.39, 0.29) is 5.60 Å². The van der Waals surface area contributed by atoms with Crippen LogP contribution in [0.1, 0.15) is 32.4 Å². The van der Waals surface area contributed by atoms with Gasteiger partial charge in [0.2, 0.25) is 0 Å². The van der Waals surface area contributed by atoms with Gasteiger partial charge in [-0.2, -0.15) is 0 Å². The molecule has 0 saturated carbocycles. The van der Waals surface area contributed by atoms with E-state index in [9.17, 15) is 0 Å². The average molecular weight is 266 g/mol. The summed E-state index contributed by atoms with van der Waals surface area (Å²) in [5.74, 6) is 0.993. The van der Waals surface area contributed by atoms with Crippen molar-refractivity contribution in [3.05, 3.63) is 24.2 Å². The van der Waals surface area contributed by atoms with Gasteiger partial charge in [0.05, 0.1) is 18.4 Å². The summed E-state index contributed by atoms with van der Waals surface area (Å²) in [7, 11) is 1.82. The predicted molar refractivity (Wildman–Crippen MR) is 76.1 cm³/mol. The summed E-state index contributed by atoms with van der Waals surface area (Å²) in [6.45, 7) is 8.45. The third kappa shape index (κ3) is 4.06. The lowest BCUT2D eigenvalue weighted by molar-refractivity contribution is -0.0593. The minimum Gasteiger partial charge on any atom is -0.468 e. The molecule has 2 atom stereocenters. The summed E-state index contributed by atoms with van der Waals surface area (Å²) >= 11 is 0. The molecule has 2 unspecified atom stereocenters. The molecule has 1 N–H and O–H groups in total. The van der Waals surface area contributed by atoms with Crippen LogP contribution in [0.3, 0.4) is 0 Å². The highest BCUT2D eigenvalue weighted by Crippen LogP contribution is 2.24. The largest absolute Gasteiger partial charge is 0.468 e. The van der Waals surface area contributed by atoms with Crippen molar-refractivity contribution in [3.63, 3.8) is 0 Å². The third-order valence-corrected chi connectivity index (χ3v) is 4.12. The molecule has 0 spiro atoms. The van der Waals surface area contributed by atoms with Crippen molar-refractivity contribution < 1.29 is 9.15 Å². The highest BCUT2D eigenvalue weighted by Gasteiger charge is 2.32. The van der Waals surface area contributed by atoms with E-state index in [1.165, 1.54) is 13.0 Å². The van der Waals surface area contributed by atoms with Crippen molar-refractivity contribution in [3.8, 4) is 0 Å². The van der Waals surface area contributed by atoms with Crippen LogP contribution in [-0.2, 0) is 11.3 Å². The number of nitrogens with one attached hydrogen (secondary N) is 1. The van der Waals surface area contributed by atoms with Crippen molar-refractivity contribution >= 4 is 0 Å². The van der Waals surface area contributed by atoms with Gasteiger partial charge < -0.3 is 14.5 Å². The van der Waals surface area contributed by atoms with Crippen LogP contribution in [-0.4, -0.2) is 43.3 Å². The second-order valence-electron chi connectivity index (χ2n) is 5.79.